The molecular weight excluding hydrogens is 347 g/mol. The molecule has 0 fully saturated rings. The summed E-state index contributed by atoms with van der Waals surface area (Å²) in [6, 6.07) is 10.5. The van der Waals surface area contributed by atoms with Crippen LogP contribution in [0, 0.1) is 6.92 Å². The van der Waals surface area contributed by atoms with E-state index in [1.54, 1.807) is 0 Å². The van der Waals surface area contributed by atoms with Crippen molar-refractivity contribution in [3.05, 3.63) is 36.0 Å². The number of para-hydroxylation sites is 1. The zero-order valence-electron chi connectivity index (χ0n) is 11.8. The van der Waals surface area contributed by atoms with Gasteiger partial charge in [0.25, 0.3) is 0 Å². The second-order valence-corrected chi connectivity index (χ2v) is 4.97. The first-order chi connectivity index (χ1) is 8.74. The SMILES string of the molecule is CCCCCC[n+]1c(C)cc(N)c2ccccc21.[I-]. The van der Waals surface area contributed by atoms with Crippen molar-refractivity contribution >= 4 is 16.6 Å². The second-order valence-electron chi connectivity index (χ2n) is 4.97. The highest BCUT2D eigenvalue weighted by molar-refractivity contribution is 5.87. The topological polar surface area (TPSA) is 29.9 Å². The molecule has 0 saturated carbocycles. The number of hydrogen-bond acceptors (Lipinski definition) is 1. The van der Waals surface area contributed by atoms with E-state index in [9.17, 15) is 0 Å². The Kier molecular flexibility index (Phi) is 6.55. The summed E-state index contributed by atoms with van der Waals surface area (Å²) in [7, 11) is 0. The van der Waals surface area contributed by atoms with Gasteiger partial charge in [-0.25, -0.2) is 0 Å². The number of halogens is 1. The molecule has 0 amide bonds. The molecule has 19 heavy (non-hydrogen) atoms. The minimum atomic E-state index is 0. The molecule has 0 radical (unpaired) electrons. The number of aromatic nitrogens is 1. The number of fused-ring (bicyclic) bond motifs is 1. The third-order valence-corrected chi connectivity index (χ3v) is 3.53. The first-order valence-corrected chi connectivity index (χ1v) is 6.91. The minimum Gasteiger partial charge on any atom is -1.00 e. The van der Waals surface area contributed by atoms with Gasteiger partial charge in [0.05, 0.1) is 11.1 Å². The van der Waals surface area contributed by atoms with Crippen LogP contribution in [0.1, 0.15) is 38.3 Å². The van der Waals surface area contributed by atoms with Gasteiger partial charge in [-0.1, -0.05) is 31.9 Å². The molecule has 2 rings (SSSR count). The van der Waals surface area contributed by atoms with Gasteiger partial charge in [0.15, 0.2) is 5.69 Å². The first-order valence-electron chi connectivity index (χ1n) is 6.91. The van der Waals surface area contributed by atoms with Gasteiger partial charge in [-0.2, -0.15) is 4.57 Å². The number of nitrogens with zero attached hydrogens (tertiary/aromatic N) is 1. The zero-order valence-corrected chi connectivity index (χ0v) is 14.0. The fourth-order valence-electron chi connectivity index (χ4n) is 2.52. The Morgan fingerprint density at radius 3 is 2.58 bits per heavy atom. The van der Waals surface area contributed by atoms with E-state index in [4.69, 9.17) is 5.73 Å². The molecule has 0 saturated heterocycles. The third-order valence-electron chi connectivity index (χ3n) is 3.53. The summed E-state index contributed by atoms with van der Waals surface area (Å²) in [5, 5.41) is 1.17. The van der Waals surface area contributed by atoms with Gasteiger partial charge in [-0.15, -0.1) is 0 Å². The lowest BCUT2D eigenvalue weighted by atomic mass is 10.1. The van der Waals surface area contributed by atoms with Crippen LogP contribution in [0.25, 0.3) is 10.9 Å². The van der Waals surface area contributed by atoms with Gasteiger partial charge in [0.2, 0.25) is 5.52 Å². The molecule has 2 aromatic rings. The molecule has 3 heteroatoms. The predicted molar refractivity (Wildman–Crippen MR) is 77.4 cm³/mol. The van der Waals surface area contributed by atoms with Gasteiger partial charge in [-0.05, 0) is 12.5 Å². The van der Waals surface area contributed by atoms with Crippen LogP contribution in [-0.2, 0) is 6.54 Å². The normalized spacial score (nSPS) is 10.4. The Morgan fingerprint density at radius 2 is 1.84 bits per heavy atom. The van der Waals surface area contributed by atoms with Crippen LogP contribution in [0.15, 0.2) is 30.3 Å². The summed E-state index contributed by atoms with van der Waals surface area (Å²) in [4.78, 5) is 0. The van der Waals surface area contributed by atoms with E-state index in [0.29, 0.717) is 0 Å². The van der Waals surface area contributed by atoms with E-state index in [-0.39, 0.29) is 24.0 Å². The van der Waals surface area contributed by atoms with Gasteiger partial charge >= 0.3 is 0 Å². The minimum absolute atomic E-state index is 0. The molecule has 0 unspecified atom stereocenters. The third kappa shape index (κ3) is 3.81. The standard InChI is InChI=1S/C16H22N2.HI/c1-3-4-5-8-11-18-13(2)12-15(17)14-9-6-7-10-16(14)18;/h6-7,9-10,12,17H,3-5,8,11H2,1-2H3;1H. The Hall–Kier alpha value is -0.840. The quantitative estimate of drug-likeness (QED) is 0.467. The van der Waals surface area contributed by atoms with Crippen molar-refractivity contribution in [2.45, 2.75) is 46.1 Å². The molecule has 0 aliphatic carbocycles. The smallest absolute Gasteiger partial charge is 0.214 e. The first kappa shape index (κ1) is 16.2. The van der Waals surface area contributed by atoms with Crippen LogP contribution in [0.5, 0.6) is 0 Å². The van der Waals surface area contributed by atoms with Gasteiger partial charge in [0, 0.05) is 25.5 Å². The van der Waals surface area contributed by atoms with E-state index in [0.717, 1.165) is 12.2 Å². The summed E-state index contributed by atoms with van der Waals surface area (Å²) < 4.78 is 2.39. The highest BCUT2D eigenvalue weighted by Crippen LogP contribution is 2.18. The Bertz CT molecular complexity index is 538. The Labute approximate surface area is 133 Å². The lowest BCUT2D eigenvalue weighted by Gasteiger charge is -2.07. The van der Waals surface area contributed by atoms with E-state index in [2.05, 4.69) is 48.7 Å². The number of anilines is 1. The molecule has 0 aliphatic heterocycles. The van der Waals surface area contributed by atoms with Crippen molar-refractivity contribution in [2.24, 2.45) is 0 Å². The number of nitrogen functional groups attached to an aromatic ring is 1. The Balaban J connectivity index is 0.00000180. The average molecular weight is 370 g/mol. The maximum absolute atomic E-state index is 6.09. The van der Waals surface area contributed by atoms with Crippen molar-refractivity contribution in [3.63, 3.8) is 0 Å². The van der Waals surface area contributed by atoms with E-state index >= 15 is 0 Å². The number of pyridine rings is 1. The molecule has 0 aliphatic rings. The van der Waals surface area contributed by atoms with Crippen molar-refractivity contribution in [1.29, 1.82) is 0 Å². The average Bonchev–Trinajstić information content (AvgIpc) is 2.38. The lowest BCUT2D eigenvalue weighted by Crippen LogP contribution is -3.00. The predicted octanol–water partition coefficient (Wildman–Crippen LogP) is 0.602. The summed E-state index contributed by atoms with van der Waals surface area (Å²) in [6.45, 7) is 5.48. The van der Waals surface area contributed by atoms with Crippen LogP contribution >= 0.6 is 0 Å². The fraction of sp³-hybridized carbons (Fsp3) is 0.438. The van der Waals surface area contributed by atoms with Crippen molar-refractivity contribution in [1.82, 2.24) is 0 Å². The van der Waals surface area contributed by atoms with Gasteiger partial charge < -0.3 is 29.7 Å². The maximum atomic E-state index is 6.09. The number of nitrogens with two attached hydrogens (primary N) is 1. The fourth-order valence-corrected chi connectivity index (χ4v) is 2.52. The summed E-state index contributed by atoms with van der Waals surface area (Å²) in [6.07, 6.45) is 5.16. The molecule has 1 aromatic carbocycles. The summed E-state index contributed by atoms with van der Waals surface area (Å²) in [5.41, 5.74) is 9.48. The number of hydrogen-bond donors (Lipinski definition) is 1. The van der Waals surface area contributed by atoms with Crippen molar-refractivity contribution < 1.29 is 28.5 Å². The van der Waals surface area contributed by atoms with Crippen molar-refractivity contribution in [2.75, 3.05) is 5.73 Å². The lowest BCUT2D eigenvalue weighted by molar-refractivity contribution is -0.677. The van der Waals surface area contributed by atoms with Crippen molar-refractivity contribution in [3.8, 4) is 0 Å². The molecule has 0 spiro atoms. The van der Waals surface area contributed by atoms with Crippen LogP contribution in [-0.4, -0.2) is 0 Å². The molecule has 0 bridgehead atoms. The molecule has 1 heterocycles. The van der Waals surface area contributed by atoms with Gasteiger partial charge in [0.1, 0.15) is 6.54 Å². The number of aryl methyl sites for hydroxylation is 2. The molecule has 2 N–H and O–H groups in total. The van der Waals surface area contributed by atoms with Crippen LogP contribution in [0.4, 0.5) is 5.69 Å². The highest BCUT2D eigenvalue weighted by atomic mass is 127. The van der Waals surface area contributed by atoms with Crippen LogP contribution in [0.2, 0.25) is 0 Å². The highest BCUT2D eigenvalue weighted by Gasteiger charge is 2.14. The van der Waals surface area contributed by atoms with E-state index < -0.39 is 0 Å². The monoisotopic (exact) mass is 370 g/mol. The molecule has 1 aromatic heterocycles. The number of unbranched alkanes of at least 4 members (excludes halogenated alkanes) is 3. The molecular formula is C16H23IN2. The summed E-state index contributed by atoms with van der Waals surface area (Å²) >= 11 is 0. The summed E-state index contributed by atoms with van der Waals surface area (Å²) in [5.74, 6) is 0. The van der Waals surface area contributed by atoms with Gasteiger partial charge in [-0.3, -0.25) is 0 Å². The molecule has 104 valence electrons. The Morgan fingerprint density at radius 1 is 1.11 bits per heavy atom. The molecule has 2 nitrogen and oxygen atoms in total. The van der Waals surface area contributed by atoms with Crippen LogP contribution in [0.3, 0.4) is 0 Å². The largest absolute Gasteiger partial charge is 1.00 e. The molecule has 0 atom stereocenters. The zero-order chi connectivity index (χ0) is 13.0. The number of benzene rings is 1. The maximum Gasteiger partial charge on any atom is 0.214 e. The van der Waals surface area contributed by atoms with E-state index in [1.807, 2.05) is 0 Å². The number of rotatable bonds is 5. The van der Waals surface area contributed by atoms with Crippen LogP contribution < -0.4 is 34.3 Å². The van der Waals surface area contributed by atoms with E-state index in [1.165, 1.54) is 42.3 Å². The second kappa shape index (κ2) is 7.68.